The minimum atomic E-state index is -0.830. The van der Waals surface area contributed by atoms with Crippen molar-refractivity contribution in [3.05, 3.63) is 88.4 Å². The molecule has 1 aliphatic rings. The van der Waals surface area contributed by atoms with Crippen molar-refractivity contribution in [2.75, 3.05) is 5.32 Å². The van der Waals surface area contributed by atoms with Gasteiger partial charge in [-0.15, -0.1) is 11.8 Å². The maximum absolute atomic E-state index is 11.0. The quantitative estimate of drug-likeness (QED) is 0.297. The van der Waals surface area contributed by atoms with E-state index in [9.17, 15) is 4.79 Å². The topological polar surface area (TPSA) is 75.1 Å². The third kappa shape index (κ3) is 7.68. The van der Waals surface area contributed by atoms with Gasteiger partial charge in [0.2, 0.25) is 0 Å². The van der Waals surface area contributed by atoms with Crippen LogP contribution in [-0.2, 0) is 24.1 Å². The molecular weight excluding hydrogens is 478 g/mol. The van der Waals surface area contributed by atoms with Gasteiger partial charge in [0.05, 0.1) is 6.42 Å². The zero-order valence-electron chi connectivity index (χ0n) is 22.7. The molecule has 196 valence electrons. The predicted octanol–water partition coefficient (Wildman–Crippen LogP) is 8.31. The molecule has 0 spiro atoms. The number of allylic oxidation sites excluding steroid dienone is 1. The molecule has 0 saturated heterocycles. The van der Waals surface area contributed by atoms with Crippen molar-refractivity contribution in [3.8, 4) is 0 Å². The van der Waals surface area contributed by atoms with Crippen LogP contribution in [0, 0.1) is 6.92 Å². The third-order valence-corrected chi connectivity index (χ3v) is 7.67. The molecule has 2 aromatic carbocycles. The number of hydrogen-bond acceptors (Lipinski definition) is 5. The highest BCUT2D eigenvalue weighted by Crippen LogP contribution is 2.46. The van der Waals surface area contributed by atoms with E-state index in [0.29, 0.717) is 5.25 Å². The first kappa shape index (κ1) is 28.5. The number of nitrogens with one attached hydrogen (secondary N) is 1. The van der Waals surface area contributed by atoms with Gasteiger partial charge >= 0.3 is 5.97 Å². The van der Waals surface area contributed by atoms with Crippen molar-refractivity contribution < 1.29 is 9.90 Å². The first-order valence-corrected chi connectivity index (χ1v) is 14.3. The van der Waals surface area contributed by atoms with E-state index in [0.717, 1.165) is 71.2 Å². The molecule has 1 atom stereocenters. The van der Waals surface area contributed by atoms with Crippen molar-refractivity contribution in [2.24, 2.45) is 0 Å². The fourth-order valence-electron chi connectivity index (χ4n) is 4.44. The summed E-state index contributed by atoms with van der Waals surface area (Å²) in [5.74, 6) is 0.749. The molecule has 2 N–H and O–H groups in total. The fourth-order valence-corrected chi connectivity index (χ4v) is 5.71. The number of anilines is 2. The monoisotopic (exact) mass is 517 g/mol. The van der Waals surface area contributed by atoms with E-state index in [-0.39, 0.29) is 6.42 Å². The minimum Gasteiger partial charge on any atom is -0.481 e. The van der Waals surface area contributed by atoms with Crippen LogP contribution in [0.5, 0.6) is 0 Å². The summed E-state index contributed by atoms with van der Waals surface area (Å²) in [7, 11) is 0. The molecule has 5 nitrogen and oxygen atoms in total. The van der Waals surface area contributed by atoms with Crippen LogP contribution in [0.3, 0.4) is 0 Å². The number of carbonyl (C=O) groups is 1. The van der Waals surface area contributed by atoms with Gasteiger partial charge in [0.25, 0.3) is 0 Å². The SMILES string of the molecule is CC.CCCc1ccc(C2CCC=C(c3nc(C)c(CC)c(Nc4ccc(CC(=O)O)cc4)n3)S2)cc1. The van der Waals surface area contributed by atoms with Crippen LogP contribution in [0.2, 0.25) is 0 Å². The summed E-state index contributed by atoms with van der Waals surface area (Å²) < 4.78 is 0. The Morgan fingerprint density at radius 3 is 2.32 bits per heavy atom. The Morgan fingerprint density at radius 2 is 1.70 bits per heavy atom. The van der Waals surface area contributed by atoms with Crippen LogP contribution in [0.25, 0.3) is 4.91 Å². The Labute approximate surface area is 225 Å². The molecule has 0 saturated carbocycles. The van der Waals surface area contributed by atoms with Gasteiger partial charge < -0.3 is 10.4 Å². The van der Waals surface area contributed by atoms with Gasteiger partial charge in [-0.1, -0.05) is 76.6 Å². The van der Waals surface area contributed by atoms with E-state index < -0.39 is 5.97 Å². The van der Waals surface area contributed by atoms with Crippen molar-refractivity contribution in [1.29, 1.82) is 0 Å². The number of aryl methyl sites for hydroxylation is 2. The van der Waals surface area contributed by atoms with Crippen LogP contribution < -0.4 is 5.32 Å². The van der Waals surface area contributed by atoms with Crippen LogP contribution in [0.4, 0.5) is 11.5 Å². The average Bonchev–Trinajstić information content (AvgIpc) is 2.91. The second-order valence-corrected chi connectivity index (χ2v) is 10.2. The Bertz CT molecular complexity index is 1200. The summed E-state index contributed by atoms with van der Waals surface area (Å²) in [5, 5.41) is 12.9. The highest BCUT2D eigenvalue weighted by molar-refractivity contribution is 8.08. The van der Waals surface area contributed by atoms with E-state index in [1.807, 2.05) is 56.8 Å². The molecule has 2 heterocycles. The number of carboxylic acid groups (broad SMARTS) is 1. The molecule has 3 aromatic rings. The van der Waals surface area contributed by atoms with Crippen LogP contribution in [0.1, 0.15) is 86.0 Å². The van der Waals surface area contributed by atoms with Gasteiger partial charge in [0.1, 0.15) is 5.82 Å². The molecule has 1 aromatic heterocycles. The van der Waals surface area contributed by atoms with Gasteiger partial charge in [-0.05, 0) is 61.4 Å². The lowest BCUT2D eigenvalue weighted by Gasteiger charge is -2.23. The van der Waals surface area contributed by atoms with Crippen molar-refractivity contribution in [2.45, 2.75) is 78.4 Å². The van der Waals surface area contributed by atoms with Gasteiger partial charge in [0, 0.05) is 27.1 Å². The number of benzene rings is 2. The van der Waals surface area contributed by atoms with E-state index in [2.05, 4.69) is 49.5 Å². The van der Waals surface area contributed by atoms with Gasteiger partial charge in [-0.2, -0.15) is 0 Å². The normalized spacial score (nSPS) is 14.8. The Hall–Kier alpha value is -3.12. The highest BCUT2D eigenvalue weighted by atomic mass is 32.2. The summed E-state index contributed by atoms with van der Waals surface area (Å²) in [4.78, 5) is 21.9. The number of aliphatic carboxylic acids is 1. The third-order valence-electron chi connectivity index (χ3n) is 6.28. The maximum Gasteiger partial charge on any atom is 0.307 e. The molecule has 4 rings (SSSR count). The molecular formula is C31H39N3O2S. The van der Waals surface area contributed by atoms with Gasteiger partial charge in [-0.25, -0.2) is 9.97 Å². The number of hydrogen-bond donors (Lipinski definition) is 2. The maximum atomic E-state index is 11.0. The Balaban J connectivity index is 0.00000186. The number of rotatable bonds is 9. The first-order valence-electron chi connectivity index (χ1n) is 13.4. The number of carboxylic acids is 1. The number of nitrogens with zero attached hydrogens (tertiary/aromatic N) is 2. The van der Waals surface area contributed by atoms with E-state index in [4.69, 9.17) is 15.1 Å². The lowest BCUT2D eigenvalue weighted by Crippen LogP contribution is -2.08. The summed E-state index contributed by atoms with van der Waals surface area (Å²) >= 11 is 1.85. The summed E-state index contributed by atoms with van der Waals surface area (Å²) in [6, 6.07) is 16.6. The molecule has 0 amide bonds. The molecule has 0 fully saturated rings. The Kier molecular flexibility index (Phi) is 10.8. The molecule has 6 heteroatoms. The average molecular weight is 518 g/mol. The van der Waals surface area contributed by atoms with Gasteiger partial charge in [-0.3, -0.25) is 4.79 Å². The van der Waals surface area contributed by atoms with E-state index >= 15 is 0 Å². The summed E-state index contributed by atoms with van der Waals surface area (Å²) in [5.41, 5.74) is 6.49. The summed E-state index contributed by atoms with van der Waals surface area (Å²) in [6.07, 6.45) is 7.51. The highest BCUT2D eigenvalue weighted by Gasteiger charge is 2.22. The lowest BCUT2D eigenvalue weighted by molar-refractivity contribution is -0.136. The van der Waals surface area contributed by atoms with Crippen molar-refractivity contribution >= 4 is 34.1 Å². The standard InChI is InChI=1S/C29H33N3O2S.C2H6/c1-4-7-20-10-14-22(15-11-20)25-8-6-9-26(35-25)29-30-19(3)24(5-2)28(32-29)31-23-16-12-21(13-17-23)18-27(33)34;1-2/h9-17,25H,4-8,18H2,1-3H3,(H,33,34)(H,30,31,32);1-2H3. The zero-order valence-corrected chi connectivity index (χ0v) is 23.5. The molecule has 0 aliphatic carbocycles. The summed E-state index contributed by atoms with van der Waals surface area (Å²) in [6.45, 7) is 10.4. The Morgan fingerprint density at radius 1 is 1.03 bits per heavy atom. The molecule has 1 aliphatic heterocycles. The van der Waals surface area contributed by atoms with E-state index in [1.165, 1.54) is 11.1 Å². The second kappa shape index (κ2) is 14.0. The molecule has 37 heavy (non-hydrogen) atoms. The van der Waals surface area contributed by atoms with E-state index in [1.54, 1.807) is 0 Å². The predicted molar refractivity (Wildman–Crippen MR) is 157 cm³/mol. The molecule has 0 bridgehead atoms. The molecule has 0 radical (unpaired) electrons. The van der Waals surface area contributed by atoms with Crippen LogP contribution in [0.15, 0.2) is 54.6 Å². The van der Waals surface area contributed by atoms with Crippen molar-refractivity contribution in [1.82, 2.24) is 9.97 Å². The second-order valence-electron chi connectivity index (χ2n) is 8.95. The van der Waals surface area contributed by atoms with Crippen LogP contribution in [-0.4, -0.2) is 21.0 Å². The fraction of sp³-hybridized carbons (Fsp3) is 0.387. The zero-order chi connectivity index (χ0) is 26.8. The van der Waals surface area contributed by atoms with Crippen LogP contribution >= 0.6 is 11.8 Å². The smallest absolute Gasteiger partial charge is 0.307 e. The number of thioether (sulfide) groups is 1. The minimum absolute atomic E-state index is 0.0190. The molecule has 1 unspecified atom stereocenters. The lowest BCUT2D eigenvalue weighted by atomic mass is 10.0. The van der Waals surface area contributed by atoms with Crippen molar-refractivity contribution in [3.63, 3.8) is 0 Å². The number of aromatic nitrogens is 2. The largest absolute Gasteiger partial charge is 0.481 e. The first-order chi connectivity index (χ1) is 18.0. The van der Waals surface area contributed by atoms with Gasteiger partial charge in [0.15, 0.2) is 5.82 Å².